The molecule has 3 rings (SSSR count). The van der Waals surface area contributed by atoms with Crippen molar-refractivity contribution in [1.29, 1.82) is 5.26 Å². The lowest BCUT2D eigenvalue weighted by Crippen LogP contribution is -2.17. The third kappa shape index (κ3) is 5.56. The summed E-state index contributed by atoms with van der Waals surface area (Å²) in [5, 5.41) is 11.3. The second kappa shape index (κ2) is 9.03. The van der Waals surface area contributed by atoms with Gasteiger partial charge in [0, 0.05) is 11.6 Å². The van der Waals surface area contributed by atoms with Gasteiger partial charge in [0.25, 0.3) is 5.91 Å². The summed E-state index contributed by atoms with van der Waals surface area (Å²) in [5.41, 5.74) is -3.28. The van der Waals surface area contributed by atoms with E-state index in [0.29, 0.717) is 0 Å². The molecule has 2 aromatic carbocycles. The van der Waals surface area contributed by atoms with Crippen LogP contribution in [-0.4, -0.2) is 5.91 Å². The molecule has 1 amide bonds. The zero-order chi connectivity index (χ0) is 24.4. The zero-order valence-electron chi connectivity index (χ0n) is 16.2. The number of furan rings is 1. The number of halogens is 7. The molecule has 0 unspecified atom stereocenters. The highest BCUT2D eigenvalue weighted by molar-refractivity contribution is 6.33. The molecular weight excluding hydrogens is 474 g/mol. The van der Waals surface area contributed by atoms with E-state index in [0.717, 1.165) is 42.5 Å². The van der Waals surface area contributed by atoms with E-state index in [1.165, 1.54) is 18.2 Å². The standard InChI is InChI=1S/C22H11ClF6N2O2/c23-17-7-5-13(21(24,25)26)10-15(17)19-8-6-14(33-19)9-12(11-30)20(32)31-18-4-2-1-3-16(18)22(27,28)29/h1-10H,(H,31,32)/b12-9+. The van der Waals surface area contributed by atoms with E-state index in [4.69, 9.17) is 16.0 Å². The molecule has 1 N–H and O–H groups in total. The minimum atomic E-state index is -4.74. The normalized spacial score (nSPS) is 12.4. The minimum Gasteiger partial charge on any atom is -0.457 e. The Balaban J connectivity index is 1.89. The molecule has 11 heteroatoms. The Kier molecular flexibility index (Phi) is 6.56. The Morgan fingerprint density at radius 2 is 1.70 bits per heavy atom. The Hall–Kier alpha value is -3.71. The maximum Gasteiger partial charge on any atom is 0.418 e. The second-order valence-electron chi connectivity index (χ2n) is 6.56. The summed E-state index contributed by atoms with van der Waals surface area (Å²) in [7, 11) is 0. The van der Waals surface area contributed by atoms with Gasteiger partial charge in [0.1, 0.15) is 23.2 Å². The first kappa shape index (κ1) is 23.9. The van der Waals surface area contributed by atoms with Crippen LogP contribution in [0.2, 0.25) is 5.02 Å². The number of alkyl halides is 6. The summed E-state index contributed by atoms with van der Waals surface area (Å²) in [5.74, 6) is -1.31. The van der Waals surface area contributed by atoms with Gasteiger partial charge in [-0.25, -0.2) is 0 Å². The summed E-state index contributed by atoms with van der Waals surface area (Å²) in [6.45, 7) is 0. The molecule has 33 heavy (non-hydrogen) atoms. The zero-order valence-corrected chi connectivity index (χ0v) is 16.9. The minimum absolute atomic E-state index is 0.0325. The molecule has 3 aromatic rings. The number of carbonyl (C=O) groups excluding carboxylic acids is 1. The van der Waals surface area contributed by atoms with Crippen LogP contribution in [0.4, 0.5) is 32.0 Å². The Labute approximate surface area is 187 Å². The number of nitriles is 1. The second-order valence-corrected chi connectivity index (χ2v) is 6.97. The number of hydrogen-bond acceptors (Lipinski definition) is 3. The fourth-order valence-corrected chi connectivity index (χ4v) is 3.00. The molecule has 170 valence electrons. The Morgan fingerprint density at radius 1 is 1.00 bits per heavy atom. The number of hydrogen-bond donors (Lipinski definition) is 1. The Morgan fingerprint density at radius 3 is 2.33 bits per heavy atom. The molecular formula is C22H11ClF6N2O2. The molecule has 0 aliphatic heterocycles. The number of para-hydroxylation sites is 1. The van der Waals surface area contributed by atoms with Crippen molar-refractivity contribution in [2.45, 2.75) is 12.4 Å². The van der Waals surface area contributed by atoms with Crippen LogP contribution in [0.5, 0.6) is 0 Å². The van der Waals surface area contributed by atoms with Gasteiger partial charge >= 0.3 is 12.4 Å². The average molecular weight is 485 g/mol. The van der Waals surface area contributed by atoms with Crippen LogP contribution in [-0.2, 0) is 17.1 Å². The van der Waals surface area contributed by atoms with Crippen LogP contribution in [0.3, 0.4) is 0 Å². The van der Waals surface area contributed by atoms with Crippen molar-refractivity contribution in [1.82, 2.24) is 0 Å². The molecule has 0 aliphatic rings. The van der Waals surface area contributed by atoms with Crippen molar-refractivity contribution in [3.05, 3.63) is 82.1 Å². The fraction of sp³-hybridized carbons (Fsp3) is 0.0909. The highest BCUT2D eigenvalue weighted by Crippen LogP contribution is 2.37. The molecule has 0 bridgehead atoms. The monoisotopic (exact) mass is 484 g/mol. The molecule has 0 saturated heterocycles. The van der Waals surface area contributed by atoms with Crippen molar-refractivity contribution in [2.75, 3.05) is 5.32 Å². The third-order valence-corrected chi connectivity index (χ3v) is 4.65. The van der Waals surface area contributed by atoms with E-state index in [9.17, 15) is 36.4 Å². The number of amides is 1. The van der Waals surface area contributed by atoms with E-state index in [1.54, 1.807) is 6.07 Å². The van der Waals surface area contributed by atoms with Crippen LogP contribution in [0.25, 0.3) is 17.4 Å². The molecule has 1 aromatic heterocycles. The lowest BCUT2D eigenvalue weighted by molar-refractivity contribution is -0.138. The molecule has 1 heterocycles. The van der Waals surface area contributed by atoms with Crippen LogP contribution in [0.15, 0.2) is 64.6 Å². The third-order valence-electron chi connectivity index (χ3n) is 4.32. The fourth-order valence-electron chi connectivity index (χ4n) is 2.79. The van der Waals surface area contributed by atoms with Gasteiger partial charge in [-0.3, -0.25) is 4.79 Å². The highest BCUT2D eigenvalue weighted by atomic mass is 35.5. The van der Waals surface area contributed by atoms with Crippen LogP contribution in [0.1, 0.15) is 16.9 Å². The van der Waals surface area contributed by atoms with Gasteiger partial charge in [-0.05, 0) is 42.5 Å². The molecule has 0 spiro atoms. The van der Waals surface area contributed by atoms with E-state index in [-0.39, 0.29) is 22.1 Å². The summed E-state index contributed by atoms with van der Waals surface area (Å²) in [4.78, 5) is 12.4. The molecule has 0 saturated carbocycles. The van der Waals surface area contributed by atoms with Gasteiger partial charge < -0.3 is 9.73 Å². The van der Waals surface area contributed by atoms with Crippen LogP contribution < -0.4 is 5.32 Å². The predicted octanol–water partition coefficient (Wildman–Crippen LogP) is 7.18. The predicted molar refractivity (Wildman–Crippen MR) is 108 cm³/mol. The van der Waals surface area contributed by atoms with Crippen molar-refractivity contribution in [3.8, 4) is 17.4 Å². The van der Waals surface area contributed by atoms with E-state index >= 15 is 0 Å². The van der Waals surface area contributed by atoms with Gasteiger partial charge in [0.15, 0.2) is 0 Å². The molecule has 4 nitrogen and oxygen atoms in total. The van der Waals surface area contributed by atoms with Crippen molar-refractivity contribution < 1.29 is 35.6 Å². The highest BCUT2D eigenvalue weighted by Gasteiger charge is 2.34. The van der Waals surface area contributed by atoms with Crippen molar-refractivity contribution in [2.24, 2.45) is 0 Å². The van der Waals surface area contributed by atoms with E-state index in [2.05, 4.69) is 0 Å². The van der Waals surface area contributed by atoms with Crippen LogP contribution >= 0.6 is 11.6 Å². The van der Waals surface area contributed by atoms with Crippen molar-refractivity contribution >= 4 is 29.3 Å². The van der Waals surface area contributed by atoms with Gasteiger partial charge in [-0.1, -0.05) is 23.7 Å². The number of nitrogens with zero attached hydrogens (tertiary/aromatic N) is 1. The number of benzene rings is 2. The van der Waals surface area contributed by atoms with Gasteiger partial charge in [-0.15, -0.1) is 0 Å². The molecule has 0 aliphatic carbocycles. The number of anilines is 1. The first-order valence-electron chi connectivity index (χ1n) is 8.96. The number of rotatable bonds is 4. The van der Waals surface area contributed by atoms with Crippen LogP contribution in [0, 0.1) is 11.3 Å². The average Bonchev–Trinajstić information content (AvgIpc) is 3.19. The topological polar surface area (TPSA) is 66.0 Å². The maximum absolute atomic E-state index is 13.1. The SMILES string of the molecule is N#C/C(=C\c1ccc(-c2cc(C(F)(F)F)ccc2Cl)o1)C(=O)Nc1ccccc1C(F)(F)F. The molecule has 0 fully saturated rings. The molecule has 0 atom stereocenters. The number of carbonyl (C=O) groups is 1. The smallest absolute Gasteiger partial charge is 0.418 e. The summed E-state index contributed by atoms with van der Waals surface area (Å²) in [6.07, 6.45) is -8.41. The lowest BCUT2D eigenvalue weighted by Gasteiger charge is -2.13. The first-order chi connectivity index (χ1) is 15.4. The van der Waals surface area contributed by atoms with Gasteiger partial charge in [0.2, 0.25) is 0 Å². The largest absolute Gasteiger partial charge is 0.457 e. The van der Waals surface area contributed by atoms with E-state index < -0.39 is 40.6 Å². The summed E-state index contributed by atoms with van der Waals surface area (Å²) in [6, 6.07) is 10.9. The first-order valence-corrected chi connectivity index (χ1v) is 9.34. The summed E-state index contributed by atoms with van der Waals surface area (Å²) >= 11 is 5.96. The van der Waals surface area contributed by atoms with Crippen molar-refractivity contribution in [3.63, 3.8) is 0 Å². The quantitative estimate of drug-likeness (QED) is 0.242. The van der Waals surface area contributed by atoms with E-state index in [1.807, 2.05) is 5.32 Å². The van der Waals surface area contributed by atoms with Gasteiger partial charge in [-0.2, -0.15) is 31.6 Å². The summed E-state index contributed by atoms with van der Waals surface area (Å²) < 4.78 is 83.6. The maximum atomic E-state index is 13.1. The lowest BCUT2D eigenvalue weighted by atomic mass is 10.1. The number of nitrogens with one attached hydrogen (secondary N) is 1. The molecule has 0 radical (unpaired) electrons. The Bertz CT molecular complexity index is 1270. The van der Waals surface area contributed by atoms with Gasteiger partial charge in [0.05, 0.1) is 21.8 Å².